The molecule has 1 fully saturated rings. The summed E-state index contributed by atoms with van der Waals surface area (Å²) < 4.78 is 0. The Morgan fingerprint density at radius 3 is 2.03 bits per heavy atom. The molecule has 0 unspecified atom stereocenters. The number of carbonyl (C=O) groups excluding carboxylic acids is 1. The van der Waals surface area contributed by atoms with Crippen LogP contribution < -0.4 is 15.8 Å². The highest BCUT2D eigenvalue weighted by Crippen LogP contribution is 2.33. The molecule has 0 bridgehead atoms. The van der Waals surface area contributed by atoms with Gasteiger partial charge in [0.15, 0.2) is 0 Å². The van der Waals surface area contributed by atoms with E-state index >= 15 is 0 Å². The Hall–Kier alpha value is -4.01. The fourth-order valence-corrected chi connectivity index (χ4v) is 4.12. The Morgan fingerprint density at radius 2 is 1.48 bits per heavy atom. The Kier molecular flexibility index (Phi) is 7.09. The fourth-order valence-electron chi connectivity index (χ4n) is 4.12. The van der Waals surface area contributed by atoms with Crippen LogP contribution in [0.25, 0.3) is 0 Å². The first-order valence-electron chi connectivity index (χ1n) is 11.0. The van der Waals surface area contributed by atoms with Gasteiger partial charge < -0.3 is 4.90 Å². The number of amides is 1. The van der Waals surface area contributed by atoms with Gasteiger partial charge in [-0.25, -0.2) is 9.97 Å². The molecule has 9 heteroatoms. The minimum atomic E-state index is -0.592. The summed E-state index contributed by atoms with van der Waals surface area (Å²) in [6.45, 7) is 1.40. The second kappa shape index (κ2) is 10.5. The Labute approximate surface area is 192 Å². The smallest absolute Gasteiger partial charge is 0.351 e. The SMILES string of the molecule is O=C(NNc1ncnc(N2CCCCCC2)c1[N+](=O)[O-])C(c1ccccc1)c1ccccc1. The minimum absolute atomic E-state index is 0.0394. The van der Waals surface area contributed by atoms with Crippen LogP contribution in [-0.2, 0) is 4.79 Å². The summed E-state index contributed by atoms with van der Waals surface area (Å²) in [4.78, 5) is 34.9. The van der Waals surface area contributed by atoms with Gasteiger partial charge in [-0.2, -0.15) is 0 Å². The molecule has 0 spiro atoms. The normalized spacial score (nSPS) is 13.9. The molecule has 0 aliphatic carbocycles. The molecule has 1 aliphatic heterocycles. The Bertz CT molecular complexity index is 1050. The highest BCUT2D eigenvalue weighted by Gasteiger charge is 2.29. The zero-order chi connectivity index (χ0) is 23.0. The fraction of sp³-hybridized carbons (Fsp3) is 0.292. The molecule has 170 valence electrons. The predicted molar refractivity (Wildman–Crippen MR) is 126 cm³/mol. The molecule has 0 radical (unpaired) electrons. The molecular weight excluding hydrogens is 420 g/mol. The van der Waals surface area contributed by atoms with Crippen molar-refractivity contribution in [3.63, 3.8) is 0 Å². The maximum absolute atomic E-state index is 13.2. The number of anilines is 2. The standard InChI is InChI=1S/C24H26N6O3/c31-24(20(18-11-5-3-6-12-18)19-13-7-4-8-14-19)28-27-22-21(30(32)33)23(26-17-25-22)29-15-9-1-2-10-16-29/h3-8,11-14,17,20H,1-2,9-10,15-16H2,(H,28,31)(H,25,26,27). The van der Waals surface area contributed by atoms with Gasteiger partial charge in [0.05, 0.1) is 10.8 Å². The van der Waals surface area contributed by atoms with Crippen molar-refractivity contribution >= 4 is 23.2 Å². The van der Waals surface area contributed by atoms with Crippen molar-refractivity contribution in [2.45, 2.75) is 31.6 Å². The summed E-state index contributed by atoms with van der Waals surface area (Å²) in [6, 6.07) is 18.8. The number of hydrogen-bond donors (Lipinski definition) is 2. The third-order valence-corrected chi connectivity index (χ3v) is 5.72. The predicted octanol–water partition coefficient (Wildman–Crippen LogP) is 4.04. The molecule has 2 heterocycles. The maximum atomic E-state index is 13.2. The summed E-state index contributed by atoms with van der Waals surface area (Å²) in [5.41, 5.74) is 6.70. The van der Waals surface area contributed by atoms with E-state index in [4.69, 9.17) is 0 Å². The lowest BCUT2D eigenvalue weighted by Gasteiger charge is -2.22. The minimum Gasteiger partial charge on any atom is -0.351 e. The van der Waals surface area contributed by atoms with Gasteiger partial charge in [0.25, 0.3) is 0 Å². The molecule has 4 rings (SSSR count). The van der Waals surface area contributed by atoms with Gasteiger partial charge in [0.2, 0.25) is 17.5 Å². The molecule has 9 nitrogen and oxygen atoms in total. The van der Waals surface area contributed by atoms with E-state index in [1.807, 2.05) is 65.6 Å². The third kappa shape index (κ3) is 5.25. The highest BCUT2D eigenvalue weighted by molar-refractivity contribution is 5.88. The lowest BCUT2D eigenvalue weighted by Crippen LogP contribution is -2.35. The third-order valence-electron chi connectivity index (χ3n) is 5.72. The Balaban J connectivity index is 1.59. The molecule has 1 saturated heterocycles. The van der Waals surface area contributed by atoms with Crippen molar-refractivity contribution in [3.8, 4) is 0 Å². The van der Waals surface area contributed by atoms with Crippen LogP contribution in [0.15, 0.2) is 67.0 Å². The molecule has 1 aliphatic rings. The van der Waals surface area contributed by atoms with Crippen molar-refractivity contribution in [1.82, 2.24) is 15.4 Å². The zero-order valence-electron chi connectivity index (χ0n) is 18.2. The molecule has 2 aromatic carbocycles. The Morgan fingerprint density at radius 1 is 0.909 bits per heavy atom. The van der Waals surface area contributed by atoms with Gasteiger partial charge in [-0.15, -0.1) is 0 Å². The van der Waals surface area contributed by atoms with Crippen LogP contribution in [0, 0.1) is 10.1 Å². The van der Waals surface area contributed by atoms with Crippen LogP contribution in [0.5, 0.6) is 0 Å². The molecule has 33 heavy (non-hydrogen) atoms. The summed E-state index contributed by atoms with van der Waals surface area (Å²) >= 11 is 0. The topological polar surface area (TPSA) is 113 Å². The van der Waals surface area contributed by atoms with E-state index in [1.54, 1.807) is 0 Å². The first-order chi connectivity index (χ1) is 16.1. The largest absolute Gasteiger partial charge is 0.355 e. The van der Waals surface area contributed by atoms with E-state index in [0.29, 0.717) is 13.1 Å². The van der Waals surface area contributed by atoms with Crippen LogP contribution in [0.3, 0.4) is 0 Å². The van der Waals surface area contributed by atoms with Crippen LogP contribution in [0.2, 0.25) is 0 Å². The quantitative estimate of drug-likeness (QED) is 0.416. The molecular formula is C24H26N6O3. The number of carbonyl (C=O) groups is 1. The van der Waals surface area contributed by atoms with Gasteiger partial charge in [-0.3, -0.25) is 25.8 Å². The summed E-state index contributed by atoms with van der Waals surface area (Å²) in [5, 5.41) is 11.9. The van der Waals surface area contributed by atoms with E-state index in [0.717, 1.165) is 36.8 Å². The lowest BCUT2D eigenvalue weighted by atomic mass is 9.91. The number of nitro groups is 1. The number of rotatable bonds is 7. The summed E-state index contributed by atoms with van der Waals surface area (Å²) in [5.74, 6) is -0.707. The number of benzene rings is 2. The molecule has 0 saturated carbocycles. The van der Waals surface area contributed by atoms with Crippen LogP contribution in [0.4, 0.5) is 17.3 Å². The van der Waals surface area contributed by atoms with E-state index in [2.05, 4.69) is 20.8 Å². The number of nitrogens with one attached hydrogen (secondary N) is 2. The van der Waals surface area contributed by atoms with Crippen LogP contribution >= 0.6 is 0 Å². The van der Waals surface area contributed by atoms with Crippen molar-refractivity contribution in [1.29, 1.82) is 0 Å². The van der Waals surface area contributed by atoms with E-state index in [-0.39, 0.29) is 23.2 Å². The average Bonchev–Trinajstić information content (AvgIpc) is 3.13. The number of nitrogens with zero attached hydrogens (tertiary/aromatic N) is 4. The van der Waals surface area contributed by atoms with Crippen LogP contribution in [0.1, 0.15) is 42.7 Å². The molecule has 1 amide bonds. The monoisotopic (exact) mass is 446 g/mol. The van der Waals surface area contributed by atoms with Gasteiger partial charge in [-0.05, 0) is 24.0 Å². The van der Waals surface area contributed by atoms with Crippen molar-refractivity contribution in [3.05, 3.63) is 88.2 Å². The van der Waals surface area contributed by atoms with E-state index < -0.39 is 10.8 Å². The zero-order valence-corrected chi connectivity index (χ0v) is 18.2. The number of hydrazine groups is 1. The second-order valence-corrected chi connectivity index (χ2v) is 7.92. The number of aromatic nitrogens is 2. The van der Waals surface area contributed by atoms with Crippen molar-refractivity contribution in [2.75, 3.05) is 23.4 Å². The number of hydrogen-bond acceptors (Lipinski definition) is 7. The maximum Gasteiger partial charge on any atom is 0.355 e. The summed E-state index contributed by atoms with van der Waals surface area (Å²) in [6.07, 6.45) is 5.38. The molecule has 2 N–H and O–H groups in total. The lowest BCUT2D eigenvalue weighted by molar-refractivity contribution is -0.383. The van der Waals surface area contributed by atoms with Gasteiger partial charge in [-0.1, -0.05) is 73.5 Å². The van der Waals surface area contributed by atoms with E-state index in [1.165, 1.54) is 6.33 Å². The van der Waals surface area contributed by atoms with E-state index in [9.17, 15) is 14.9 Å². The molecule has 0 atom stereocenters. The first kappa shape index (κ1) is 22.2. The average molecular weight is 447 g/mol. The summed E-state index contributed by atoms with van der Waals surface area (Å²) in [7, 11) is 0. The van der Waals surface area contributed by atoms with Gasteiger partial charge in [0.1, 0.15) is 6.33 Å². The highest BCUT2D eigenvalue weighted by atomic mass is 16.6. The molecule has 3 aromatic rings. The van der Waals surface area contributed by atoms with Crippen molar-refractivity contribution < 1.29 is 9.72 Å². The van der Waals surface area contributed by atoms with Gasteiger partial charge in [0, 0.05) is 13.1 Å². The second-order valence-electron chi connectivity index (χ2n) is 7.92. The van der Waals surface area contributed by atoms with Crippen molar-refractivity contribution in [2.24, 2.45) is 0 Å². The van der Waals surface area contributed by atoms with Crippen LogP contribution in [-0.4, -0.2) is 33.9 Å². The first-order valence-corrected chi connectivity index (χ1v) is 11.0. The van der Waals surface area contributed by atoms with Gasteiger partial charge >= 0.3 is 5.69 Å². The molecule has 1 aromatic heterocycles.